The molecular weight excluding hydrogens is 320 g/mol. The number of hydrogen-bond acceptors (Lipinski definition) is 5. The summed E-state index contributed by atoms with van der Waals surface area (Å²) >= 11 is 0. The van der Waals surface area contributed by atoms with E-state index in [1.807, 2.05) is 0 Å². The predicted molar refractivity (Wildman–Crippen MR) is 88.2 cm³/mol. The van der Waals surface area contributed by atoms with Crippen LogP contribution in [0.5, 0.6) is 0 Å². The zero-order chi connectivity index (χ0) is 17.8. The number of ether oxygens (including phenoxy) is 2. The van der Waals surface area contributed by atoms with Gasteiger partial charge < -0.3 is 9.47 Å². The van der Waals surface area contributed by atoms with Crippen molar-refractivity contribution in [3.05, 3.63) is 12.7 Å². The van der Waals surface area contributed by atoms with E-state index in [0.717, 1.165) is 4.31 Å². The Balaban J connectivity index is 2.94. The highest BCUT2D eigenvalue weighted by Crippen LogP contribution is 2.31. The van der Waals surface area contributed by atoms with Crippen LogP contribution in [-0.4, -0.2) is 49.7 Å². The number of methoxy groups -OCH3 is 1. The molecule has 0 spiro atoms. The first kappa shape index (κ1) is 19.9. The van der Waals surface area contributed by atoms with Crippen LogP contribution in [0.4, 0.5) is 4.79 Å². The van der Waals surface area contributed by atoms with Crippen LogP contribution in [0.25, 0.3) is 0 Å². The smallest absolute Gasteiger partial charge is 0.425 e. The normalized spacial score (nSPS) is 22.8. The lowest BCUT2D eigenvalue weighted by molar-refractivity contribution is -0.0176. The number of nitrogens with zero attached hydrogens (tertiary/aromatic N) is 1. The van der Waals surface area contributed by atoms with Crippen molar-refractivity contribution in [1.82, 2.24) is 9.03 Å². The Morgan fingerprint density at radius 2 is 2.00 bits per heavy atom. The lowest BCUT2D eigenvalue weighted by Crippen LogP contribution is -2.58. The third kappa shape index (κ3) is 5.78. The van der Waals surface area contributed by atoms with Gasteiger partial charge in [-0.1, -0.05) is 6.08 Å². The first-order valence-corrected chi connectivity index (χ1v) is 9.12. The molecule has 134 valence electrons. The fourth-order valence-electron chi connectivity index (χ4n) is 2.28. The number of carbonyl (C=O) groups is 1. The van der Waals surface area contributed by atoms with Gasteiger partial charge in [0.1, 0.15) is 5.60 Å². The maximum atomic E-state index is 12.6. The minimum atomic E-state index is -4.00. The summed E-state index contributed by atoms with van der Waals surface area (Å²) in [5.74, 6) is 0. The van der Waals surface area contributed by atoms with Gasteiger partial charge >= 0.3 is 16.3 Å². The van der Waals surface area contributed by atoms with Crippen molar-refractivity contribution in [1.29, 1.82) is 0 Å². The molecular formula is C15H28N2O5S. The van der Waals surface area contributed by atoms with E-state index in [2.05, 4.69) is 11.3 Å². The topological polar surface area (TPSA) is 84.9 Å². The summed E-state index contributed by atoms with van der Waals surface area (Å²) in [7, 11) is -2.43. The lowest BCUT2D eigenvalue weighted by Gasteiger charge is -2.41. The average Bonchev–Trinajstić information content (AvgIpc) is 2.29. The summed E-state index contributed by atoms with van der Waals surface area (Å²) in [6.07, 6.45) is 2.11. The van der Waals surface area contributed by atoms with Crippen LogP contribution in [0.15, 0.2) is 12.7 Å². The molecule has 0 bridgehead atoms. The van der Waals surface area contributed by atoms with Crippen molar-refractivity contribution >= 4 is 16.3 Å². The van der Waals surface area contributed by atoms with Crippen molar-refractivity contribution in [3.63, 3.8) is 0 Å². The Morgan fingerprint density at radius 3 is 2.43 bits per heavy atom. The van der Waals surface area contributed by atoms with Crippen LogP contribution in [-0.2, 0) is 19.7 Å². The summed E-state index contributed by atoms with van der Waals surface area (Å²) in [6.45, 7) is 10.4. The van der Waals surface area contributed by atoms with Gasteiger partial charge in [-0.2, -0.15) is 17.4 Å². The van der Waals surface area contributed by atoms with E-state index in [-0.39, 0.29) is 12.1 Å². The lowest BCUT2D eigenvalue weighted by atomic mass is 9.89. The molecule has 0 saturated heterocycles. The Morgan fingerprint density at radius 1 is 1.43 bits per heavy atom. The Bertz CT molecular complexity index is 520. The van der Waals surface area contributed by atoms with Crippen LogP contribution in [0.2, 0.25) is 0 Å². The van der Waals surface area contributed by atoms with E-state index < -0.39 is 27.9 Å². The number of carbonyl (C=O) groups excluding carboxylic acids is 1. The maximum Gasteiger partial charge on any atom is 0.425 e. The molecule has 1 aliphatic rings. The number of hydrogen-bond donors (Lipinski definition) is 1. The van der Waals surface area contributed by atoms with E-state index in [1.54, 1.807) is 40.9 Å². The van der Waals surface area contributed by atoms with Crippen LogP contribution in [0.1, 0.15) is 47.0 Å². The minimum absolute atomic E-state index is 0.0364. The highest BCUT2D eigenvalue weighted by molar-refractivity contribution is 7.87. The molecule has 0 aromatic rings. The average molecular weight is 348 g/mol. The minimum Gasteiger partial charge on any atom is -0.443 e. The molecule has 1 amide bonds. The molecule has 0 unspecified atom stereocenters. The monoisotopic (exact) mass is 348 g/mol. The van der Waals surface area contributed by atoms with Gasteiger partial charge in [-0.15, -0.1) is 6.58 Å². The van der Waals surface area contributed by atoms with Gasteiger partial charge in [0, 0.05) is 13.2 Å². The van der Waals surface area contributed by atoms with E-state index in [9.17, 15) is 13.2 Å². The van der Waals surface area contributed by atoms with Gasteiger partial charge in [-0.3, -0.25) is 0 Å². The molecule has 0 heterocycles. The van der Waals surface area contributed by atoms with Crippen molar-refractivity contribution in [2.24, 2.45) is 0 Å². The van der Waals surface area contributed by atoms with Crippen molar-refractivity contribution in [2.45, 2.75) is 70.7 Å². The second-order valence-electron chi connectivity index (χ2n) is 6.81. The summed E-state index contributed by atoms with van der Waals surface area (Å²) < 4.78 is 39.0. The molecule has 0 aromatic heterocycles. The molecule has 0 radical (unpaired) electrons. The predicted octanol–water partition coefficient (Wildman–Crippen LogP) is 2.20. The molecule has 1 saturated carbocycles. The molecule has 1 atom stereocenters. The Labute approximate surface area is 139 Å². The molecule has 1 aliphatic carbocycles. The molecule has 1 fully saturated rings. The summed E-state index contributed by atoms with van der Waals surface area (Å²) in [5, 5.41) is 0. The van der Waals surface area contributed by atoms with Crippen molar-refractivity contribution in [2.75, 3.05) is 7.11 Å². The largest absolute Gasteiger partial charge is 0.443 e. The zero-order valence-corrected chi connectivity index (χ0v) is 15.4. The first-order valence-electron chi connectivity index (χ1n) is 7.68. The quantitative estimate of drug-likeness (QED) is 0.713. The van der Waals surface area contributed by atoms with Crippen molar-refractivity contribution < 1.29 is 22.7 Å². The number of rotatable bonds is 7. The van der Waals surface area contributed by atoms with Gasteiger partial charge in [0.05, 0.1) is 12.1 Å². The molecule has 0 aromatic carbocycles. The molecule has 0 aliphatic heterocycles. The van der Waals surface area contributed by atoms with E-state index in [0.29, 0.717) is 19.3 Å². The third-order valence-corrected chi connectivity index (χ3v) is 5.10. The van der Waals surface area contributed by atoms with Gasteiger partial charge in [0.25, 0.3) is 0 Å². The van der Waals surface area contributed by atoms with Gasteiger partial charge in [0.2, 0.25) is 0 Å². The van der Waals surface area contributed by atoms with E-state index in [4.69, 9.17) is 9.47 Å². The highest BCUT2D eigenvalue weighted by atomic mass is 32.2. The third-order valence-electron chi connectivity index (χ3n) is 3.44. The summed E-state index contributed by atoms with van der Waals surface area (Å²) in [6, 6.07) is -0.816. The fraction of sp³-hybridized carbons (Fsp3) is 0.800. The highest BCUT2D eigenvalue weighted by Gasteiger charge is 2.44. The summed E-state index contributed by atoms with van der Waals surface area (Å²) in [4.78, 5) is 12.4. The Hall–Kier alpha value is -1.12. The van der Waals surface area contributed by atoms with Crippen LogP contribution in [0, 0.1) is 0 Å². The van der Waals surface area contributed by atoms with E-state index in [1.165, 1.54) is 0 Å². The SMILES string of the molecule is C=CC[C@H](C)NS(=O)(=O)N(C(=O)OC(C)(C)C)C1CC(OC)C1. The molecule has 8 heteroatoms. The van der Waals surface area contributed by atoms with Crippen molar-refractivity contribution in [3.8, 4) is 0 Å². The second-order valence-corrected chi connectivity index (χ2v) is 8.39. The van der Waals surface area contributed by atoms with Gasteiger partial charge in [-0.05, 0) is 47.0 Å². The molecule has 1 rings (SSSR count). The van der Waals surface area contributed by atoms with Gasteiger partial charge in [-0.25, -0.2) is 4.79 Å². The second kappa shape index (κ2) is 7.63. The Kier molecular flexibility index (Phi) is 6.61. The summed E-state index contributed by atoms with van der Waals surface area (Å²) in [5.41, 5.74) is -0.776. The maximum absolute atomic E-state index is 12.6. The standard InChI is InChI=1S/C15H28N2O5S/c1-7-8-11(2)16-23(19,20)17(12-9-13(10-12)21-6)14(18)22-15(3,4)5/h7,11-13,16H,1,8-10H2,2-6H3/t11-,12?,13?/m0/s1. The van der Waals surface area contributed by atoms with E-state index >= 15 is 0 Å². The zero-order valence-electron chi connectivity index (χ0n) is 14.5. The molecule has 7 nitrogen and oxygen atoms in total. The number of amides is 1. The van der Waals surface area contributed by atoms with Crippen LogP contribution in [0.3, 0.4) is 0 Å². The first-order chi connectivity index (χ1) is 10.5. The molecule has 1 N–H and O–H groups in total. The fourth-order valence-corrected chi connectivity index (χ4v) is 3.80. The van der Waals surface area contributed by atoms with Crippen LogP contribution >= 0.6 is 0 Å². The van der Waals surface area contributed by atoms with Gasteiger partial charge in [0.15, 0.2) is 0 Å². The van der Waals surface area contributed by atoms with Crippen LogP contribution < -0.4 is 4.72 Å². The molecule has 23 heavy (non-hydrogen) atoms. The number of nitrogens with one attached hydrogen (secondary N) is 1.